The predicted octanol–water partition coefficient (Wildman–Crippen LogP) is 2.87. The lowest BCUT2D eigenvalue weighted by atomic mass is 10.1. The van der Waals surface area contributed by atoms with Crippen molar-refractivity contribution in [3.05, 3.63) is 70.3 Å². The Morgan fingerprint density at radius 3 is 2.68 bits per heavy atom. The maximum absolute atomic E-state index is 12.6. The Bertz CT molecular complexity index is 1280. The molecule has 2 aromatic heterocycles. The second-order valence-corrected chi connectivity index (χ2v) is 7.02. The molecule has 0 radical (unpaired) electrons. The quantitative estimate of drug-likeness (QED) is 0.550. The minimum Gasteiger partial charge on any atom is -0.361 e. The van der Waals surface area contributed by atoms with Crippen molar-refractivity contribution in [1.29, 1.82) is 5.26 Å². The first-order chi connectivity index (χ1) is 13.5. The molecule has 0 fully saturated rings. The fourth-order valence-electron chi connectivity index (χ4n) is 3.47. The number of rotatable bonds is 4. The summed E-state index contributed by atoms with van der Waals surface area (Å²) in [5, 5.41) is 18.5. The summed E-state index contributed by atoms with van der Waals surface area (Å²) in [6.07, 6.45) is 0. The van der Waals surface area contributed by atoms with Crippen LogP contribution in [0.2, 0.25) is 0 Å². The SMILES string of the molecule is CC(C)N(Cc1nnc2n(C)c(=O)c3ccccc3n12)c1cccc(C#N)c1. The topological polar surface area (TPSA) is 79.2 Å². The Morgan fingerprint density at radius 2 is 1.93 bits per heavy atom. The first kappa shape index (κ1) is 17.7. The van der Waals surface area contributed by atoms with Crippen molar-refractivity contribution in [3.8, 4) is 6.07 Å². The van der Waals surface area contributed by atoms with E-state index in [1.165, 1.54) is 4.57 Å². The molecule has 0 amide bonds. The van der Waals surface area contributed by atoms with Gasteiger partial charge in [0.15, 0.2) is 5.82 Å². The molecular formula is C21H20N6O. The van der Waals surface area contributed by atoms with Crippen molar-refractivity contribution in [3.63, 3.8) is 0 Å². The van der Waals surface area contributed by atoms with E-state index in [0.29, 0.717) is 23.3 Å². The summed E-state index contributed by atoms with van der Waals surface area (Å²) in [6.45, 7) is 4.68. The van der Waals surface area contributed by atoms with Crippen molar-refractivity contribution < 1.29 is 0 Å². The van der Waals surface area contributed by atoms with Gasteiger partial charge in [0.05, 0.1) is 29.1 Å². The van der Waals surface area contributed by atoms with Crippen LogP contribution in [0.15, 0.2) is 53.3 Å². The van der Waals surface area contributed by atoms with Crippen LogP contribution >= 0.6 is 0 Å². The molecule has 4 rings (SSSR count). The minimum atomic E-state index is -0.0931. The van der Waals surface area contributed by atoms with Crippen molar-refractivity contribution >= 4 is 22.4 Å². The highest BCUT2D eigenvalue weighted by Gasteiger charge is 2.19. The summed E-state index contributed by atoms with van der Waals surface area (Å²) < 4.78 is 3.45. The second-order valence-electron chi connectivity index (χ2n) is 7.02. The van der Waals surface area contributed by atoms with Gasteiger partial charge in [0, 0.05) is 18.8 Å². The zero-order valence-electron chi connectivity index (χ0n) is 16.0. The molecule has 4 aromatic rings. The van der Waals surface area contributed by atoms with Crippen molar-refractivity contribution in [2.75, 3.05) is 4.90 Å². The Labute approximate surface area is 162 Å². The average Bonchev–Trinajstić information content (AvgIpc) is 3.14. The molecule has 0 aliphatic heterocycles. The van der Waals surface area contributed by atoms with Gasteiger partial charge >= 0.3 is 0 Å². The van der Waals surface area contributed by atoms with Gasteiger partial charge < -0.3 is 4.90 Å². The van der Waals surface area contributed by atoms with Gasteiger partial charge in [-0.15, -0.1) is 10.2 Å². The molecule has 28 heavy (non-hydrogen) atoms. The number of fused-ring (bicyclic) bond motifs is 3. The maximum Gasteiger partial charge on any atom is 0.262 e. The van der Waals surface area contributed by atoms with E-state index in [9.17, 15) is 10.1 Å². The fourth-order valence-corrected chi connectivity index (χ4v) is 3.47. The summed E-state index contributed by atoms with van der Waals surface area (Å²) in [5.74, 6) is 1.24. The molecule has 2 aromatic carbocycles. The Morgan fingerprint density at radius 1 is 1.14 bits per heavy atom. The molecule has 2 heterocycles. The zero-order chi connectivity index (χ0) is 19.8. The van der Waals surface area contributed by atoms with Crippen LogP contribution in [0, 0.1) is 11.3 Å². The van der Waals surface area contributed by atoms with E-state index >= 15 is 0 Å². The van der Waals surface area contributed by atoms with Crippen molar-refractivity contribution in [1.82, 2.24) is 19.2 Å². The van der Waals surface area contributed by atoms with Crippen LogP contribution in [0.3, 0.4) is 0 Å². The first-order valence-corrected chi connectivity index (χ1v) is 9.10. The van der Waals surface area contributed by atoms with E-state index in [1.54, 1.807) is 13.1 Å². The van der Waals surface area contributed by atoms with E-state index < -0.39 is 0 Å². The zero-order valence-corrected chi connectivity index (χ0v) is 16.0. The van der Waals surface area contributed by atoms with Crippen LogP contribution < -0.4 is 10.5 Å². The van der Waals surface area contributed by atoms with Crippen LogP contribution in [0.5, 0.6) is 0 Å². The molecule has 0 bridgehead atoms. The summed E-state index contributed by atoms with van der Waals surface area (Å²) in [6, 6.07) is 17.4. The van der Waals surface area contributed by atoms with Crippen molar-refractivity contribution in [2.45, 2.75) is 26.4 Å². The molecule has 7 heteroatoms. The standard InChI is InChI=1S/C21H20N6O/c1-14(2)26(16-8-6-7-15(11-16)12-22)13-19-23-24-21-25(3)20(28)17-9-4-5-10-18(17)27(19)21/h4-11,14H,13H2,1-3H3. The van der Waals surface area contributed by atoms with Gasteiger partial charge in [-0.3, -0.25) is 13.8 Å². The third-order valence-corrected chi connectivity index (χ3v) is 4.93. The molecule has 0 aliphatic rings. The van der Waals surface area contributed by atoms with E-state index in [0.717, 1.165) is 17.0 Å². The Hall–Kier alpha value is -3.66. The summed E-state index contributed by atoms with van der Waals surface area (Å²) in [5.41, 5.74) is 2.25. The van der Waals surface area contributed by atoms with Gasteiger partial charge in [-0.1, -0.05) is 18.2 Å². The van der Waals surface area contributed by atoms with Crippen LogP contribution in [0.25, 0.3) is 16.7 Å². The van der Waals surface area contributed by atoms with Crippen molar-refractivity contribution in [2.24, 2.45) is 7.05 Å². The molecule has 0 atom stereocenters. The minimum absolute atomic E-state index is 0.0931. The highest BCUT2D eigenvalue weighted by molar-refractivity contribution is 5.80. The van der Waals surface area contributed by atoms with E-state index in [4.69, 9.17) is 0 Å². The van der Waals surface area contributed by atoms with Crippen LogP contribution in [0.1, 0.15) is 25.2 Å². The number of nitrogens with zero attached hydrogens (tertiary/aromatic N) is 6. The van der Waals surface area contributed by atoms with Gasteiger partial charge in [0.1, 0.15) is 0 Å². The fraction of sp³-hybridized carbons (Fsp3) is 0.238. The monoisotopic (exact) mass is 372 g/mol. The molecule has 0 unspecified atom stereocenters. The largest absolute Gasteiger partial charge is 0.361 e. The van der Waals surface area contributed by atoms with Crippen LogP contribution in [0.4, 0.5) is 5.69 Å². The van der Waals surface area contributed by atoms with Gasteiger partial charge in [0.25, 0.3) is 5.56 Å². The number of hydrogen-bond donors (Lipinski definition) is 0. The summed E-state index contributed by atoms with van der Waals surface area (Å²) in [4.78, 5) is 14.8. The Kier molecular flexibility index (Phi) is 4.32. The molecule has 7 nitrogen and oxygen atoms in total. The first-order valence-electron chi connectivity index (χ1n) is 9.10. The number of nitriles is 1. The molecular weight excluding hydrogens is 352 g/mol. The molecule has 0 N–H and O–H groups in total. The molecule has 0 saturated heterocycles. The third kappa shape index (κ3) is 2.79. The lowest BCUT2D eigenvalue weighted by Crippen LogP contribution is -2.31. The highest BCUT2D eigenvalue weighted by atomic mass is 16.1. The van der Waals surface area contributed by atoms with E-state index in [2.05, 4.69) is 35.0 Å². The average molecular weight is 372 g/mol. The van der Waals surface area contributed by atoms with Gasteiger partial charge in [-0.25, -0.2) is 0 Å². The molecule has 0 spiro atoms. The van der Waals surface area contributed by atoms with Gasteiger partial charge in [-0.2, -0.15) is 5.26 Å². The number of para-hydroxylation sites is 1. The number of benzene rings is 2. The normalized spacial score (nSPS) is 11.2. The predicted molar refractivity (Wildman–Crippen MR) is 108 cm³/mol. The number of aryl methyl sites for hydroxylation is 1. The van der Waals surface area contributed by atoms with Crippen LogP contribution in [-0.4, -0.2) is 25.2 Å². The van der Waals surface area contributed by atoms with Gasteiger partial charge in [-0.05, 0) is 44.2 Å². The van der Waals surface area contributed by atoms with Gasteiger partial charge in [0.2, 0.25) is 5.78 Å². The smallest absolute Gasteiger partial charge is 0.262 e. The second kappa shape index (κ2) is 6.82. The summed E-state index contributed by atoms with van der Waals surface area (Å²) >= 11 is 0. The Balaban J connectivity index is 1.89. The van der Waals surface area contributed by atoms with E-state index in [1.807, 2.05) is 46.9 Å². The maximum atomic E-state index is 12.6. The number of aromatic nitrogens is 4. The molecule has 140 valence electrons. The molecule has 0 saturated carbocycles. The summed E-state index contributed by atoms with van der Waals surface area (Å²) in [7, 11) is 1.71. The number of hydrogen-bond acceptors (Lipinski definition) is 5. The third-order valence-electron chi connectivity index (χ3n) is 4.93. The lowest BCUT2D eigenvalue weighted by molar-refractivity contribution is 0.659. The lowest BCUT2D eigenvalue weighted by Gasteiger charge is -2.28. The molecule has 0 aliphatic carbocycles. The van der Waals surface area contributed by atoms with E-state index in [-0.39, 0.29) is 11.6 Å². The highest BCUT2D eigenvalue weighted by Crippen LogP contribution is 2.22. The number of anilines is 1. The van der Waals surface area contributed by atoms with Crippen LogP contribution in [-0.2, 0) is 13.6 Å².